The van der Waals surface area contributed by atoms with Crippen LogP contribution in [0.1, 0.15) is 18.6 Å². The van der Waals surface area contributed by atoms with E-state index in [-0.39, 0.29) is 11.8 Å². The Morgan fingerprint density at radius 3 is 2.64 bits per heavy atom. The minimum atomic E-state index is -1.28. The Morgan fingerprint density at radius 1 is 1.25 bits per heavy atom. The largest absolute Gasteiger partial charge is 0.387 e. The van der Waals surface area contributed by atoms with Crippen molar-refractivity contribution >= 4 is 23.8 Å². The molecule has 3 aliphatic rings. The highest BCUT2D eigenvalue weighted by Gasteiger charge is 2.54. The second-order valence-corrected chi connectivity index (χ2v) is 7.91. The molecule has 3 heterocycles. The number of hydrogen-bond acceptors (Lipinski definition) is 9. The van der Waals surface area contributed by atoms with Gasteiger partial charge in [0.1, 0.15) is 49.0 Å². The molecular formula is C18H23ClN4O5. The molecule has 2 saturated heterocycles. The zero-order valence-corrected chi connectivity index (χ0v) is 15.9. The normalized spacial score (nSPS) is 38.9. The molecule has 152 valence electrons. The summed E-state index contributed by atoms with van der Waals surface area (Å²) in [6, 6.07) is 6.58. The Hall–Kier alpha value is -1.59. The highest BCUT2D eigenvalue weighted by atomic mass is 35.5. The molecule has 0 aliphatic carbocycles. The zero-order chi connectivity index (χ0) is 20.0. The molecule has 10 heteroatoms. The van der Waals surface area contributed by atoms with Crippen LogP contribution in [0, 0.1) is 11.8 Å². The number of hydroxylamine groups is 1. The predicted molar refractivity (Wildman–Crippen MR) is 101 cm³/mol. The first-order valence-electron chi connectivity index (χ1n) is 9.12. The van der Waals surface area contributed by atoms with Gasteiger partial charge in [-0.25, -0.2) is 4.99 Å². The third-order valence-corrected chi connectivity index (χ3v) is 6.00. The number of amidine groups is 1. The van der Waals surface area contributed by atoms with Crippen LogP contribution in [-0.4, -0.2) is 74.9 Å². The number of hydrogen-bond donors (Lipinski definition) is 5. The van der Waals surface area contributed by atoms with Crippen LogP contribution in [0.4, 0.5) is 0 Å². The lowest BCUT2D eigenvalue weighted by atomic mass is 9.94. The van der Waals surface area contributed by atoms with Crippen molar-refractivity contribution in [2.24, 2.45) is 21.8 Å². The summed E-state index contributed by atoms with van der Waals surface area (Å²) < 4.78 is 5.93. The van der Waals surface area contributed by atoms with Gasteiger partial charge in [0, 0.05) is 11.6 Å². The summed E-state index contributed by atoms with van der Waals surface area (Å²) in [5, 5.41) is 41.7. The molecule has 8 atom stereocenters. The van der Waals surface area contributed by atoms with E-state index in [1.165, 1.54) is 6.34 Å². The summed E-state index contributed by atoms with van der Waals surface area (Å²) in [4.78, 5) is 10.3. The van der Waals surface area contributed by atoms with Gasteiger partial charge in [0.15, 0.2) is 0 Å². The Bertz CT molecular complexity index is 776. The molecule has 0 amide bonds. The Morgan fingerprint density at radius 2 is 1.96 bits per heavy atom. The van der Waals surface area contributed by atoms with Crippen LogP contribution in [0.2, 0.25) is 5.02 Å². The van der Waals surface area contributed by atoms with Gasteiger partial charge in [-0.1, -0.05) is 30.7 Å². The van der Waals surface area contributed by atoms with E-state index in [0.29, 0.717) is 23.0 Å². The van der Waals surface area contributed by atoms with Crippen LogP contribution >= 0.6 is 11.6 Å². The molecule has 1 aromatic carbocycles. The number of halogens is 1. The monoisotopic (exact) mass is 410 g/mol. The minimum absolute atomic E-state index is 0.0778. The molecule has 2 fully saturated rings. The van der Waals surface area contributed by atoms with Crippen molar-refractivity contribution < 1.29 is 25.3 Å². The maximum atomic E-state index is 10.7. The van der Waals surface area contributed by atoms with Crippen LogP contribution in [-0.2, 0) is 4.74 Å². The Kier molecular flexibility index (Phi) is 5.41. The van der Waals surface area contributed by atoms with Crippen LogP contribution in [0.15, 0.2) is 34.3 Å². The predicted octanol–water partition coefficient (Wildman–Crippen LogP) is 0.133. The van der Waals surface area contributed by atoms with Crippen molar-refractivity contribution in [1.29, 1.82) is 0 Å². The van der Waals surface area contributed by atoms with Crippen molar-refractivity contribution in [2.45, 2.75) is 43.7 Å². The zero-order valence-electron chi connectivity index (χ0n) is 15.1. The summed E-state index contributed by atoms with van der Waals surface area (Å²) in [5.74, 6) is 0.290. The van der Waals surface area contributed by atoms with Crippen molar-refractivity contribution in [2.75, 3.05) is 6.54 Å². The van der Waals surface area contributed by atoms with E-state index in [9.17, 15) is 20.5 Å². The molecule has 3 unspecified atom stereocenters. The Balaban J connectivity index is 1.54. The molecule has 5 N–H and O–H groups in total. The van der Waals surface area contributed by atoms with E-state index in [0.717, 1.165) is 0 Å². The fourth-order valence-corrected chi connectivity index (χ4v) is 4.45. The lowest BCUT2D eigenvalue weighted by Gasteiger charge is -2.32. The van der Waals surface area contributed by atoms with Crippen molar-refractivity contribution in [1.82, 2.24) is 10.4 Å². The van der Waals surface area contributed by atoms with Gasteiger partial charge in [0.05, 0.1) is 5.92 Å². The van der Waals surface area contributed by atoms with Gasteiger partial charge in [-0.15, -0.1) is 0 Å². The molecule has 9 nitrogen and oxygen atoms in total. The number of aliphatic imine (C=N–C) groups is 2. The smallest absolute Gasteiger partial charge is 0.141 e. The number of rotatable bonds is 3. The van der Waals surface area contributed by atoms with Gasteiger partial charge in [-0.3, -0.25) is 20.6 Å². The first-order valence-corrected chi connectivity index (χ1v) is 9.50. The molecule has 0 saturated carbocycles. The molecule has 1 aromatic rings. The summed E-state index contributed by atoms with van der Waals surface area (Å²) in [7, 11) is 0. The molecule has 0 bridgehead atoms. The molecule has 0 radical (unpaired) electrons. The quantitative estimate of drug-likeness (QED) is 0.448. The maximum Gasteiger partial charge on any atom is 0.141 e. The summed E-state index contributed by atoms with van der Waals surface area (Å²) >= 11 is 5.88. The van der Waals surface area contributed by atoms with Gasteiger partial charge in [0.2, 0.25) is 0 Å². The molecule has 3 aliphatic heterocycles. The SMILES string of the molecule is CC1CN([C@@H]2O[C@H]([C@H](O)c3ccc(Cl)cc3)[C@@H](O)[C@H]2O)C2N=CN=C(NO)C12. The summed E-state index contributed by atoms with van der Waals surface area (Å²) in [5.41, 5.74) is 2.65. The van der Waals surface area contributed by atoms with Gasteiger partial charge in [-0.2, -0.15) is 0 Å². The highest BCUT2D eigenvalue weighted by molar-refractivity contribution is 6.30. The third kappa shape index (κ3) is 3.22. The first kappa shape index (κ1) is 19.7. The number of fused-ring (bicyclic) bond motifs is 1. The molecule has 4 rings (SSSR count). The van der Waals surface area contributed by atoms with E-state index in [1.807, 2.05) is 11.8 Å². The summed E-state index contributed by atoms with van der Waals surface area (Å²) in [6.07, 6.45) is -4.54. The van der Waals surface area contributed by atoms with Crippen molar-refractivity contribution in [3.8, 4) is 0 Å². The Labute approximate surface area is 166 Å². The number of benzene rings is 1. The standard InChI is InChI=1S/C18H23ClN4O5/c1-8-6-23(17-11(8)16(22-27)20-7-21-17)18-14(26)13(25)15(28-18)12(24)9-2-4-10(19)5-3-9/h2-5,7-8,11-15,17-18,24-27H,6H2,1H3,(H,20,21,22)/t8?,11?,12-,13+,14-,15-,17?,18-/m1/s1. The van der Waals surface area contributed by atoms with E-state index in [4.69, 9.17) is 16.3 Å². The fourth-order valence-electron chi connectivity index (χ4n) is 4.32. The number of aliphatic hydroxyl groups excluding tert-OH is 3. The molecular weight excluding hydrogens is 388 g/mol. The second-order valence-electron chi connectivity index (χ2n) is 7.47. The van der Waals surface area contributed by atoms with E-state index in [2.05, 4.69) is 15.5 Å². The maximum absolute atomic E-state index is 10.7. The van der Waals surface area contributed by atoms with Gasteiger partial charge >= 0.3 is 0 Å². The average molecular weight is 411 g/mol. The number of aliphatic hydroxyl groups is 3. The van der Waals surface area contributed by atoms with E-state index >= 15 is 0 Å². The van der Waals surface area contributed by atoms with Gasteiger partial charge in [-0.05, 0) is 23.6 Å². The molecule has 0 spiro atoms. The lowest BCUT2D eigenvalue weighted by Crippen LogP contribution is -2.49. The molecule has 0 aromatic heterocycles. The first-order chi connectivity index (χ1) is 13.4. The minimum Gasteiger partial charge on any atom is -0.387 e. The number of ether oxygens (including phenoxy) is 1. The molecule has 28 heavy (non-hydrogen) atoms. The number of nitrogens with zero attached hydrogens (tertiary/aromatic N) is 3. The number of likely N-dealkylation sites (tertiary alicyclic amines) is 1. The third-order valence-electron chi connectivity index (χ3n) is 5.74. The van der Waals surface area contributed by atoms with Crippen LogP contribution in [0.3, 0.4) is 0 Å². The van der Waals surface area contributed by atoms with Crippen LogP contribution in [0.25, 0.3) is 0 Å². The van der Waals surface area contributed by atoms with Crippen molar-refractivity contribution in [3.63, 3.8) is 0 Å². The van der Waals surface area contributed by atoms with Gasteiger partial charge < -0.3 is 20.1 Å². The van der Waals surface area contributed by atoms with E-state index < -0.39 is 36.8 Å². The van der Waals surface area contributed by atoms with Crippen LogP contribution < -0.4 is 5.48 Å². The number of nitrogens with one attached hydrogen (secondary N) is 1. The lowest BCUT2D eigenvalue weighted by molar-refractivity contribution is -0.121. The van der Waals surface area contributed by atoms with Gasteiger partial charge in [0.25, 0.3) is 0 Å². The van der Waals surface area contributed by atoms with Crippen LogP contribution in [0.5, 0.6) is 0 Å². The fraction of sp³-hybridized carbons (Fsp3) is 0.556. The van der Waals surface area contributed by atoms with E-state index in [1.54, 1.807) is 24.3 Å². The highest BCUT2D eigenvalue weighted by Crippen LogP contribution is 2.40. The summed E-state index contributed by atoms with van der Waals surface area (Å²) in [6.45, 7) is 2.51. The average Bonchev–Trinajstić information content (AvgIpc) is 3.19. The second kappa shape index (κ2) is 7.68. The topological polar surface area (TPSA) is 130 Å². The van der Waals surface area contributed by atoms with Crippen molar-refractivity contribution in [3.05, 3.63) is 34.9 Å².